The lowest BCUT2D eigenvalue weighted by Gasteiger charge is -2.07. The molecule has 4 nitrogen and oxygen atoms in total. The summed E-state index contributed by atoms with van der Waals surface area (Å²) in [4.78, 5) is 11.4. The Kier molecular flexibility index (Phi) is 3.92. The predicted molar refractivity (Wildman–Crippen MR) is 60.9 cm³/mol. The third-order valence-corrected chi connectivity index (χ3v) is 2.16. The van der Waals surface area contributed by atoms with Crippen LogP contribution < -0.4 is 5.73 Å². The Morgan fingerprint density at radius 1 is 1.56 bits per heavy atom. The number of hydrogen-bond donors (Lipinski definition) is 2. The number of rotatable bonds is 1. The Bertz CT molecular complexity index is 469. The molecule has 0 aliphatic heterocycles. The Hall–Kier alpha value is -1.99. The number of nitrogen functional groups attached to an aromatic ring is 1. The largest absolute Gasteiger partial charge is 0.465 e. The third-order valence-electron chi connectivity index (χ3n) is 2.16. The Balaban J connectivity index is 3.27. The second kappa shape index (κ2) is 5.19. The highest BCUT2D eigenvalue weighted by Gasteiger charge is 2.12. The van der Waals surface area contributed by atoms with Crippen LogP contribution in [0.15, 0.2) is 12.1 Å². The van der Waals surface area contributed by atoms with Gasteiger partial charge in [-0.2, -0.15) is 0 Å². The lowest BCUT2D eigenvalue weighted by Crippen LogP contribution is -2.06. The topological polar surface area (TPSA) is 72.5 Å². The molecule has 3 N–H and O–H groups in total. The number of carbonyl (C=O) groups is 1. The van der Waals surface area contributed by atoms with Gasteiger partial charge in [0.1, 0.15) is 6.61 Å². The van der Waals surface area contributed by atoms with Crippen molar-refractivity contribution in [2.75, 3.05) is 19.5 Å². The van der Waals surface area contributed by atoms with Crippen molar-refractivity contribution >= 4 is 11.7 Å². The van der Waals surface area contributed by atoms with E-state index in [1.165, 1.54) is 7.11 Å². The maximum absolute atomic E-state index is 11.4. The first-order chi connectivity index (χ1) is 7.60. The fourth-order valence-corrected chi connectivity index (χ4v) is 1.27. The number of aliphatic hydroxyl groups excluding tert-OH is 1. The van der Waals surface area contributed by atoms with Crippen LogP contribution >= 0.6 is 0 Å². The average molecular weight is 219 g/mol. The van der Waals surface area contributed by atoms with Crippen molar-refractivity contribution in [3.8, 4) is 11.8 Å². The van der Waals surface area contributed by atoms with Crippen molar-refractivity contribution in [3.05, 3.63) is 28.8 Å². The van der Waals surface area contributed by atoms with Crippen LogP contribution in [0, 0.1) is 18.8 Å². The fourth-order valence-electron chi connectivity index (χ4n) is 1.27. The van der Waals surface area contributed by atoms with Crippen LogP contribution in [0.2, 0.25) is 0 Å². The van der Waals surface area contributed by atoms with E-state index in [2.05, 4.69) is 16.6 Å². The summed E-state index contributed by atoms with van der Waals surface area (Å²) >= 11 is 0. The van der Waals surface area contributed by atoms with Gasteiger partial charge in [0.2, 0.25) is 0 Å². The zero-order valence-corrected chi connectivity index (χ0v) is 9.20. The van der Waals surface area contributed by atoms with Gasteiger partial charge in [0.15, 0.2) is 0 Å². The molecule has 16 heavy (non-hydrogen) atoms. The van der Waals surface area contributed by atoms with Gasteiger partial charge in [-0.15, -0.1) is 0 Å². The summed E-state index contributed by atoms with van der Waals surface area (Å²) in [5.41, 5.74) is 7.87. The van der Waals surface area contributed by atoms with Crippen LogP contribution in [0.5, 0.6) is 0 Å². The Labute approximate surface area is 94.0 Å². The maximum Gasteiger partial charge on any atom is 0.338 e. The molecule has 0 fully saturated rings. The number of methoxy groups -OCH3 is 1. The van der Waals surface area contributed by atoms with E-state index in [9.17, 15) is 4.79 Å². The van der Waals surface area contributed by atoms with E-state index in [1.54, 1.807) is 19.1 Å². The SMILES string of the molecule is COC(=O)c1cc(C#CCO)cc(N)c1C. The van der Waals surface area contributed by atoms with Gasteiger partial charge < -0.3 is 15.6 Å². The standard InChI is InChI=1S/C12H13NO3/c1-8-10(12(15)16-2)6-9(4-3-5-14)7-11(8)13/h6-7,14H,5,13H2,1-2H3. The molecule has 0 saturated carbocycles. The highest BCUT2D eigenvalue weighted by Crippen LogP contribution is 2.19. The molecular weight excluding hydrogens is 206 g/mol. The van der Waals surface area contributed by atoms with E-state index < -0.39 is 5.97 Å². The van der Waals surface area contributed by atoms with Crippen molar-refractivity contribution in [3.63, 3.8) is 0 Å². The second-order valence-corrected chi connectivity index (χ2v) is 3.19. The van der Waals surface area contributed by atoms with E-state index in [4.69, 9.17) is 10.8 Å². The van der Waals surface area contributed by atoms with Gasteiger partial charge in [0.05, 0.1) is 12.7 Å². The normalized spacial score (nSPS) is 9.19. The quantitative estimate of drug-likeness (QED) is 0.414. The summed E-state index contributed by atoms with van der Waals surface area (Å²) in [6.07, 6.45) is 0. The summed E-state index contributed by atoms with van der Waals surface area (Å²) in [6, 6.07) is 3.25. The molecule has 0 unspecified atom stereocenters. The number of anilines is 1. The average Bonchev–Trinajstić information content (AvgIpc) is 2.29. The molecule has 1 aromatic carbocycles. The van der Waals surface area contributed by atoms with Crippen molar-refractivity contribution < 1.29 is 14.6 Å². The molecule has 0 saturated heterocycles. The molecule has 1 aromatic rings. The van der Waals surface area contributed by atoms with Gasteiger partial charge in [-0.05, 0) is 24.6 Å². The lowest BCUT2D eigenvalue weighted by molar-refractivity contribution is 0.0600. The molecule has 84 valence electrons. The fraction of sp³-hybridized carbons (Fsp3) is 0.250. The summed E-state index contributed by atoms with van der Waals surface area (Å²) in [5.74, 6) is 4.74. The lowest BCUT2D eigenvalue weighted by atomic mass is 10.0. The summed E-state index contributed by atoms with van der Waals surface area (Å²) in [5, 5.41) is 8.58. The molecule has 0 radical (unpaired) electrons. The molecule has 1 rings (SSSR count). The smallest absolute Gasteiger partial charge is 0.338 e. The Morgan fingerprint density at radius 3 is 2.81 bits per heavy atom. The summed E-state index contributed by atoms with van der Waals surface area (Å²) < 4.78 is 4.64. The highest BCUT2D eigenvalue weighted by molar-refractivity contribution is 5.93. The van der Waals surface area contributed by atoms with Crippen LogP contribution in [0.1, 0.15) is 21.5 Å². The molecule has 0 atom stereocenters. The van der Waals surface area contributed by atoms with E-state index in [0.717, 1.165) is 0 Å². The van der Waals surface area contributed by atoms with Gasteiger partial charge in [0, 0.05) is 11.3 Å². The molecule has 0 heterocycles. The molecule has 4 heteroatoms. The van der Waals surface area contributed by atoms with Crippen molar-refractivity contribution in [1.29, 1.82) is 0 Å². The number of aliphatic hydroxyl groups is 1. The molecule has 0 spiro atoms. The first-order valence-corrected chi connectivity index (χ1v) is 4.68. The zero-order valence-electron chi connectivity index (χ0n) is 9.20. The van der Waals surface area contributed by atoms with Crippen molar-refractivity contribution in [2.24, 2.45) is 0 Å². The maximum atomic E-state index is 11.4. The number of ether oxygens (including phenoxy) is 1. The van der Waals surface area contributed by atoms with E-state index in [1.807, 2.05) is 0 Å². The number of esters is 1. The molecule has 0 aromatic heterocycles. The predicted octanol–water partition coefficient (Wildman–Crippen LogP) is 0.708. The molecule has 0 aliphatic rings. The van der Waals surface area contributed by atoms with Gasteiger partial charge in [-0.25, -0.2) is 4.79 Å². The molecule has 0 aliphatic carbocycles. The Morgan fingerprint density at radius 2 is 2.25 bits per heavy atom. The minimum atomic E-state index is -0.447. The number of nitrogens with two attached hydrogens (primary N) is 1. The van der Waals surface area contributed by atoms with Crippen LogP contribution in [-0.2, 0) is 4.74 Å². The molecular formula is C12H13NO3. The first-order valence-electron chi connectivity index (χ1n) is 4.68. The van der Waals surface area contributed by atoms with E-state index in [-0.39, 0.29) is 6.61 Å². The van der Waals surface area contributed by atoms with Gasteiger partial charge in [-0.1, -0.05) is 11.8 Å². The second-order valence-electron chi connectivity index (χ2n) is 3.19. The zero-order chi connectivity index (χ0) is 12.1. The van der Waals surface area contributed by atoms with Crippen LogP contribution in [0.25, 0.3) is 0 Å². The summed E-state index contributed by atoms with van der Waals surface area (Å²) in [7, 11) is 1.31. The van der Waals surface area contributed by atoms with Gasteiger partial charge >= 0.3 is 5.97 Å². The number of hydrogen-bond acceptors (Lipinski definition) is 4. The molecule has 0 bridgehead atoms. The van der Waals surface area contributed by atoms with E-state index in [0.29, 0.717) is 22.4 Å². The molecule has 0 amide bonds. The minimum absolute atomic E-state index is 0.235. The highest BCUT2D eigenvalue weighted by atomic mass is 16.5. The first kappa shape index (κ1) is 12.1. The van der Waals surface area contributed by atoms with Crippen molar-refractivity contribution in [1.82, 2.24) is 0 Å². The van der Waals surface area contributed by atoms with Crippen LogP contribution in [0.3, 0.4) is 0 Å². The van der Waals surface area contributed by atoms with Crippen LogP contribution in [-0.4, -0.2) is 24.8 Å². The number of carbonyl (C=O) groups excluding carboxylic acids is 1. The number of benzene rings is 1. The summed E-state index contributed by atoms with van der Waals surface area (Å²) in [6.45, 7) is 1.51. The van der Waals surface area contributed by atoms with Gasteiger partial charge in [-0.3, -0.25) is 0 Å². The van der Waals surface area contributed by atoms with E-state index >= 15 is 0 Å². The van der Waals surface area contributed by atoms with Crippen molar-refractivity contribution in [2.45, 2.75) is 6.92 Å². The monoisotopic (exact) mass is 219 g/mol. The van der Waals surface area contributed by atoms with Crippen LogP contribution in [0.4, 0.5) is 5.69 Å². The third kappa shape index (κ3) is 2.53. The minimum Gasteiger partial charge on any atom is -0.465 e. The van der Waals surface area contributed by atoms with Gasteiger partial charge in [0.25, 0.3) is 0 Å².